The second kappa shape index (κ2) is 7.07. The van der Waals surface area contributed by atoms with Gasteiger partial charge in [0.15, 0.2) is 6.29 Å². The van der Waals surface area contributed by atoms with Crippen LogP contribution < -0.4 is 0 Å². The number of allylic oxidation sites excluding steroid dienone is 1. The Morgan fingerprint density at radius 2 is 1.79 bits per heavy atom. The normalized spacial score (nSPS) is 17.4. The average molecular weight is 194 g/mol. The first-order chi connectivity index (χ1) is 6.79. The van der Waals surface area contributed by atoms with Gasteiger partial charge in [-0.2, -0.15) is 0 Å². The average Bonchev–Trinajstić information content (AvgIpc) is 2.63. The molecular formula is C11H19BO2. The first-order valence-corrected chi connectivity index (χ1v) is 5.45. The summed E-state index contributed by atoms with van der Waals surface area (Å²) in [6.45, 7) is 5.20. The maximum absolute atomic E-state index is 5.47. The van der Waals surface area contributed by atoms with Crippen LogP contribution in [0.25, 0.3) is 0 Å². The Morgan fingerprint density at radius 3 is 2.43 bits per heavy atom. The van der Waals surface area contributed by atoms with Crippen LogP contribution in [0.2, 0.25) is 0 Å². The third-order valence-electron chi connectivity index (χ3n) is 2.38. The number of hydrogen-bond acceptors (Lipinski definition) is 2. The van der Waals surface area contributed by atoms with E-state index in [1.165, 1.54) is 19.3 Å². The molecule has 0 spiro atoms. The zero-order chi connectivity index (χ0) is 10.2. The van der Waals surface area contributed by atoms with Gasteiger partial charge in [-0.05, 0) is 19.3 Å². The molecule has 3 heteroatoms. The predicted octanol–water partition coefficient (Wildman–Crippen LogP) is 2.38. The van der Waals surface area contributed by atoms with Crippen molar-refractivity contribution in [2.24, 2.45) is 0 Å². The number of unbranched alkanes of at least 4 members (excludes halogenated alkanes) is 3. The van der Waals surface area contributed by atoms with Gasteiger partial charge in [0.05, 0.1) is 13.2 Å². The van der Waals surface area contributed by atoms with Crippen LogP contribution in [0.15, 0.2) is 12.1 Å². The second-order valence-corrected chi connectivity index (χ2v) is 3.78. The van der Waals surface area contributed by atoms with Crippen LogP contribution in [-0.2, 0) is 9.47 Å². The van der Waals surface area contributed by atoms with Gasteiger partial charge in [-0.25, -0.2) is 0 Å². The summed E-state index contributed by atoms with van der Waals surface area (Å²) in [4.78, 5) is 0. The maximum atomic E-state index is 5.47. The molecule has 1 aliphatic heterocycles. The summed E-state index contributed by atoms with van der Waals surface area (Å²) in [6.07, 6.45) is 6.85. The molecule has 78 valence electrons. The van der Waals surface area contributed by atoms with Crippen LogP contribution >= 0.6 is 0 Å². The van der Waals surface area contributed by atoms with Crippen LogP contribution in [0.3, 0.4) is 0 Å². The van der Waals surface area contributed by atoms with Crippen molar-refractivity contribution in [2.75, 3.05) is 13.2 Å². The lowest BCUT2D eigenvalue weighted by molar-refractivity contribution is -0.0480. The molecule has 1 fully saturated rings. The van der Waals surface area contributed by atoms with Crippen molar-refractivity contribution in [2.45, 2.75) is 44.8 Å². The predicted molar refractivity (Wildman–Crippen MR) is 58.3 cm³/mol. The molecule has 1 aliphatic rings. The minimum absolute atomic E-state index is 0.0690. The van der Waals surface area contributed by atoms with E-state index in [1.54, 1.807) is 0 Å². The van der Waals surface area contributed by atoms with Gasteiger partial charge >= 0.3 is 0 Å². The largest absolute Gasteiger partial charge is 0.350 e. The molecule has 0 amide bonds. The molecule has 1 saturated heterocycles. The first kappa shape index (κ1) is 11.8. The Hall–Kier alpha value is -0.275. The molecule has 0 aromatic carbocycles. The van der Waals surface area contributed by atoms with Gasteiger partial charge < -0.3 is 9.47 Å². The minimum atomic E-state index is 0.0690. The Labute approximate surface area is 88.1 Å². The van der Waals surface area contributed by atoms with Gasteiger partial charge in [0.1, 0.15) is 7.85 Å². The van der Waals surface area contributed by atoms with Gasteiger partial charge in [0.25, 0.3) is 0 Å². The standard InChI is InChI=1S/C11H19BO2/c1-10(12)6-4-2-3-5-7-11-13-8-9-14-11/h11H,1-9H2. The molecule has 0 saturated carbocycles. The van der Waals surface area contributed by atoms with E-state index in [1.807, 2.05) is 0 Å². The third-order valence-corrected chi connectivity index (χ3v) is 2.38. The maximum Gasteiger partial charge on any atom is 0.157 e. The second-order valence-electron chi connectivity index (χ2n) is 3.78. The van der Waals surface area contributed by atoms with Crippen molar-refractivity contribution in [3.8, 4) is 0 Å². The van der Waals surface area contributed by atoms with E-state index < -0.39 is 0 Å². The molecule has 2 radical (unpaired) electrons. The molecular weight excluding hydrogens is 175 g/mol. The molecule has 0 unspecified atom stereocenters. The number of rotatable bonds is 7. The Bertz CT molecular complexity index is 165. The highest BCUT2D eigenvalue weighted by molar-refractivity contribution is 6.21. The van der Waals surface area contributed by atoms with E-state index in [0.717, 1.165) is 37.9 Å². The Kier molecular flexibility index (Phi) is 5.96. The minimum Gasteiger partial charge on any atom is -0.350 e. The van der Waals surface area contributed by atoms with Gasteiger partial charge in [-0.3, -0.25) is 0 Å². The zero-order valence-corrected chi connectivity index (χ0v) is 8.84. The summed E-state index contributed by atoms with van der Waals surface area (Å²) in [5, 5.41) is 0. The first-order valence-electron chi connectivity index (χ1n) is 5.45. The quantitative estimate of drug-likeness (QED) is 0.457. The molecule has 0 aromatic heterocycles. The molecule has 0 N–H and O–H groups in total. The fourth-order valence-corrected chi connectivity index (χ4v) is 1.59. The summed E-state index contributed by atoms with van der Waals surface area (Å²) < 4.78 is 10.7. The lowest BCUT2D eigenvalue weighted by atomic mass is 9.92. The molecule has 1 rings (SSSR count). The van der Waals surface area contributed by atoms with E-state index in [4.69, 9.17) is 17.3 Å². The summed E-state index contributed by atoms with van der Waals surface area (Å²) in [5.41, 5.74) is 0.799. The van der Waals surface area contributed by atoms with Crippen molar-refractivity contribution in [3.63, 3.8) is 0 Å². The molecule has 0 aliphatic carbocycles. The molecule has 0 bridgehead atoms. The van der Waals surface area contributed by atoms with E-state index in [-0.39, 0.29) is 6.29 Å². The molecule has 2 nitrogen and oxygen atoms in total. The van der Waals surface area contributed by atoms with Crippen LogP contribution in [0.4, 0.5) is 0 Å². The van der Waals surface area contributed by atoms with Crippen molar-refractivity contribution in [3.05, 3.63) is 12.1 Å². The zero-order valence-electron chi connectivity index (χ0n) is 8.84. The van der Waals surface area contributed by atoms with E-state index in [2.05, 4.69) is 6.58 Å². The molecule has 0 aromatic rings. The highest BCUT2D eigenvalue weighted by Crippen LogP contribution is 2.14. The van der Waals surface area contributed by atoms with Gasteiger partial charge in [-0.1, -0.05) is 19.3 Å². The molecule has 0 atom stereocenters. The lowest BCUT2D eigenvalue weighted by Crippen LogP contribution is -2.06. The van der Waals surface area contributed by atoms with Crippen molar-refractivity contribution in [1.82, 2.24) is 0 Å². The monoisotopic (exact) mass is 194 g/mol. The molecule has 1 heterocycles. The summed E-state index contributed by atoms with van der Waals surface area (Å²) >= 11 is 0. The third kappa shape index (κ3) is 5.45. The van der Waals surface area contributed by atoms with Crippen LogP contribution in [0.1, 0.15) is 38.5 Å². The highest BCUT2D eigenvalue weighted by Gasteiger charge is 2.14. The molecule has 14 heavy (non-hydrogen) atoms. The highest BCUT2D eigenvalue weighted by atomic mass is 16.7. The Morgan fingerprint density at radius 1 is 1.14 bits per heavy atom. The summed E-state index contributed by atoms with van der Waals surface area (Å²) in [6, 6.07) is 0. The van der Waals surface area contributed by atoms with Crippen LogP contribution in [0, 0.1) is 0 Å². The topological polar surface area (TPSA) is 18.5 Å². The van der Waals surface area contributed by atoms with E-state index in [9.17, 15) is 0 Å². The SMILES string of the molecule is [B]C(=C)CCCCCCC1OCCO1. The van der Waals surface area contributed by atoms with Crippen LogP contribution in [0.5, 0.6) is 0 Å². The fourth-order valence-electron chi connectivity index (χ4n) is 1.59. The fraction of sp³-hybridized carbons (Fsp3) is 0.818. The van der Waals surface area contributed by atoms with Gasteiger partial charge in [-0.15, -0.1) is 12.1 Å². The number of hydrogen-bond donors (Lipinski definition) is 0. The van der Waals surface area contributed by atoms with E-state index in [0.29, 0.717) is 0 Å². The van der Waals surface area contributed by atoms with Gasteiger partial charge in [0, 0.05) is 0 Å². The van der Waals surface area contributed by atoms with E-state index >= 15 is 0 Å². The number of ether oxygens (including phenoxy) is 2. The van der Waals surface area contributed by atoms with Crippen molar-refractivity contribution < 1.29 is 9.47 Å². The van der Waals surface area contributed by atoms with Crippen molar-refractivity contribution >= 4 is 7.85 Å². The Balaban J connectivity index is 1.82. The lowest BCUT2D eigenvalue weighted by Gasteiger charge is -2.07. The van der Waals surface area contributed by atoms with Crippen molar-refractivity contribution in [1.29, 1.82) is 0 Å². The van der Waals surface area contributed by atoms with Gasteiger partial charge in [0.2, 0.25) is 0 Å². The summed E-state index contributed by atoms with van der Waals surface area (Å²) in [7, 11) is 5.47. The van der Waals surface area contributed by atoms with Crippen LogP contribution in [-0.4, -0.2) is 27.4 Å². The summed E-state index contributed by atoms with van der Waals surface area (Å²) in [5.74, 6) is 0. The smallest absolute Gasteiger partial charge is 0.157 e.